The highest BCUT2D eigenvalue weighted by Gasteiger charge is 2.32. The molecular weight excluding hydrogens is 272 g/mol. The first-order chi connectivity index (χ1) is 10.1. The molecule has 2 aliphatic rings. The molecule has 1 radical (unpaired) electrons. The van der Waals surface area contributed by atoms with Gasteiger partial charge in [-0.1, -0.05) is 0 Å². The predicted molar refractivity (Wildman–Crippen MR) is 74.7 cm³/mol. The second kappa shape index (κ2) is 5.29. The summed E-state index contributed by atoms with van der Waals surface area (Å²) < 4.78 is 5.27. The monoisotopic (exact) mass is 287 g/mol. The summed E-state index contributed by atoms with van der Waals surface area (Å²) in [7, 11) is 1.75. The van der Waals surface area contributed by atoms with Crippen molar-refractivity contribution >= 4 is 23.8 Å². The standard InChI is InChI=1S/C15H15N2O4/c1-16-9-10-8-11(2-3-12(10)14(16)19)17-5-7-21-13(4-6-18)15(17)20/h2-4,6,8,13H,5,7,9H2,1H3/t13-/m1/s1. The Kier molecular flexibility index (Phi) is 3.47. The Morgan fingerprint density at radius 1 is 1.33 bits per heavy atom. The van der Waals surface area contributed by atoms with E-state index in [4.69, 9.17) is 4.74 Å². The zero-order chi connectivity index (χ0) is 15.0. The lowest BCUT2D eigenvalue weighted by molar-refractivity contribution is -0.132. The van der Waals surface area contributed by atoms with Crippen molar-refractivity contribution in [2.24, 2.45) is 0 Å². The topological polar surface area (TPSA) is 66.9 Å². The average molecular weight is 287 g/mol. The molecule has 6 heteroatoms. The number of nitrogens with zero attached hydrogens (tertiary/aromatic N) is 2. The Hall–Kier alpha value is -2.21. The molecule has 0 aromatic heterocycles. The quantitative estimate of drug-likeness (QED) is 0.755. The minimum absolute atomic E-state index is 0.00276. The van der Waals surface area contributed by atoms with Crippen LogP contribution in [0.3, 0.4) is 0 Å². The van der Waals surface area contributed by atoms with Crippen molar-refractivity contribution < 1.29 is 19.1 Å². The van der Waals surface area contributed by atoms with E-state index in [1.165, 1.54) is 6.42 Å². The van der Waals surface area contributed by atoms with E-state index in [0.717, 1.165) is 11.3 Å². The molecule has 0 bridgehead atoms. The molecule has 1 atom stereocenters. The summed E-state index contributed by atoms with van der Waals surface area (Å²) in [6, 6.07) is 5.37. The van der Waals surface area contributed by atoms with Gasteiger partial charge < -0.3 is 19.3 Å². The molecule has 1 aromatic rings. The van der Waals surface area contributed by atoms with Crippen molar-refractivity contribution in [2.45, 2.75) is 12.6 Å². The van der Waals surface area contributed by atoms with Crippen molar-refractivity contribution in [1.82, 2.24) is 4.90 Å². The van der Waals surface area contributed by atoms with Gasteiger partial charge in [0.15, 0.2) is 0 Å². The predicted octanol–water partition coefficient (Wildman–Crippen LogP) is 0.407. The first-order valence-electron chi connectivity index (χ1n) is 6.72. The number of anilines is 1. The number of rotatable bonds is 3. The molecule has 1 fully saturated rings. The molecule has 1 aromatic carbocycles. The summed E-state index contributed by atoms with van der Waals surface area (Å²) in [6.45, 7) is 1.35. The maximum Gasteiger partial charge on any atom is 0.256 e. The van der Waals surface area contributed by atoms with Crippen LogP contribution in [-0.4, -0.2) is 49.3 Å². The lowest BCUT2D eigenvalue weighted by Crippen LogP contribution is -2.48. The van der Waals surface area contributed by atoms with Gasteiger partial charge in [-0.2, -0.15) is 0 Å². The summed E-state index contributed by atoms with van der Waals surface area (Å²) in [5.74, 6) is -0.261. The number of carbonyl (C=O) groups excluding carboxylic acids is 3. The van der Waals surface area contributed by atoms with Crippen molar-refractivity contribution in [3.8, 4) is 0 Å². The van der Waals surface area contributed by atoms with Crippen LogP contribution in [-0.2, 0) is 20.9 Å². The lowest BCUT2D eigenvalue weighted by Gasteiger charge is -2.31. The van der Waals surface area contributed by atoms with E-state index in [0.29, 0.717) is 31.5 Å². The highest BCUT2D eigenvalue weighted by atomic mass is 16.5. The van der Waals surface area contributed by atoms with E-state index < -0.39 is 6.10 Å². The summed E-state index contributed by atoms with van der Waals surface area (Å²) in [6.07, 6.45) is 0.954. The fourth-order valence-electron chi connectivity index (χ4n) is 2.69. The van der Waals surface area contributed by atoms with Crippen LogP contribution in [0, 0.1) is 6.42 Å². The molecule has 3 rings (SSSR count). The van der Waals surface area contributed by atoms with Gasteiger partial charge in [0.1, 0.15) is 12.4 Å². The SMILES string of the molecule is CN1Cc2cc(N3CCO[C@H]([CH]C=O)C3=O)ccc2C1=O. The Labute approximate surface area is 122 Å². The molecule has 2 heterocycles. The van der Waals surface area contributed by atoms with E-state index in [9.17, 15) is 14.4 Å². The molecule has 2 aliphatic heterocycles. The van der Waals surface area contributed by atoms with E-state index >= 15 is 0 Å². The van der Waals surface area contributed by atoms with Gasteiger partial charge in [0.05, 0.1) is 13.0 Å². The van der Waals surface area contributed by atoms with Crippen LogP contribution < -0.4 is 4.90 Å². The van der Waals surface area contributed by atoms with Crippen LogP contribution in [0.15, 0.2) is 18.2 Å². The lowest BCUT2D eigenvalue weighted by atomic mass is 10.1. The first-order valence-corrected chi connectivity index (χ1v) is 6.72. The Morgan fingerprint density at radius 2 is 2.14 bits per heavy atom. The highest BCUT2D eigenvalue weighted by Crippen LogP contribution is 2.28. The molecule has 0 saturated carbocycles. The summed E-state index contributed by atoms with van der Waals surface area (Å²) in [5.41, 5.74) is 2.32. The number of aldehydes is 1. The van der Waals surface area contributed by atoms with Crippen molar-refractivity contribution in [1.29, 1.82) is 0 Å². The van der Waals surface area contributed by atoms with Gasteiger partial charge in [-0.05, 0) is 23.8 Å². The number of carbonyl (C=O) groups is 3. The van der Waals surface area contributed by atoms with Gasteiger partial charge in [-0.25, -0.2) is 0 Å². The fourth-order valence-corrected chi connectivity index (χ4v) is 2.69. The molecular formula is C15H15N2O4. The van der Waals surface area contributed by atoms with Crippen LogP contribution in [0.25, 0.3) is 0 Å². The molecule has 21 heavy (non-hydrogen) atoms. The smallest absolute Gasteiger partial charge is 0.256 e. The van der Waals surface area contributed by atoms with Crippen molar-refractivity contribution in [3.63, 3.8) is 0 Å². The molecule has 1 saturated heterocycles. The van der Waals surface area contributed by atoms with Gasteiger partial charge in [0.25, 0.3) is 11.8 Å². The Balaban J connectivity index is 1.88. The molecule has 2 amide bonds. The maximum absolute atomic E-state index is 12.3. The summed E-state index contributed by atoms with van der Waals surface area (Å²) in [5, 5.41) is 0. The number of hydrogen-bond acceptors (Lipinski definition) is 4. The van der Waals surface area contributed by atoms with Gasteiger partial charge in [-0.3, -0.25) is 9.59 Å². The fraction of sp³-hybridized carbons (Fsp3) is 0.333. The van der Waals surface area contributed by atoms with Crippen LogP contribution in [0.5, 0.6) is 0 Å². The summed E-state index contributed by atoms with van der Waals surface area (Å²) >= 11 is 0. The van der Waals surface area contributed by atoms with Gasteiger partial charge in [0, 0.05) is 31.4 Å². The number of amides is 2. The number of fused-ring (bicyclic) bond motifs is 1. The van der Waals surface area contributed by atoms with Crippen LogP contribution in [0.2, 0.25) is 0 Å². The van der Waals surface area contributed by atoms with Gasteiger partial charge in [-0.15, -0.1) is 0 Å². The third-order valence-corrected chi connectivity index (χ3v) is 3.76. The molecule has 6 nitrogen and oxygen atoms in total. The highest BCUT2D eigenvalue weighted by molar-refractivity contribution is 6.02. The maximum atomic E-state index is 12.3. The normalized spacial score (nSPS) is 21.7. The second-order valence-electron chi connectivity index (χ2n) is 5.11. The van der Waals surface area contributed by atoms with Gasteiger partial charge in [0.2, 0.25) is 0 Å². The molecule has 0 spiro atoms. The number of hydrogen-bond donors (Lipinski definition) is 0. The Bertz CT molecular complexity index is 614. The van der Waals surface area contributed by atoms with Crippen LogP contribution in [0.1, 0.15) is 15.9 Å². The van der Waals surface area contributed by atoms with E-state index in [2.05, 4.69) is 0 Å². The molecule has 0 unspecified atom stereocenters. The zero-order valence-electron chi connectivity index (χ0n) is 11.6. The minimum atomic E-state index is -0.825. The molecule has 0 N–H and O–H groups in total. The summed E-state index contributed by atoms with van der Waals surface area (Å²) in [4.78, 5) is 37.9. The van der Waals surface area contributed by atoms with E-state index in [1.54, 1.807) is 29.0 Å². The number of benzene rings is 1. The largest absolute Gasteiger partial charge is 0.366 e. The minimum Gasteiger partial charge on any atom is -0.366 e. The Morgan fingerprint density at radius 3 is 2.90 bits per heavy atom. The molecule has 109 valence electrons. The second-order valence-corrected chi connectivity index (χ2v) is 5.11. The number of morpholine rings is 1. The average Bonchev–Trinajstić information content (AvgIpc) is 2.76. The number of ether oxygens (including phenoxy) is 1. The van der Waals surface area contributed by atoms with Crippen molar-refractivity contribution in [2.75, 3.05) is 25.1 Å². The van der Waals surface area contributed by atoms with Crippen LogP contribution >= 0.6 is 0 Å². The third kappa shape index (κ3) is 2.31. The van der Waals surface area contributed by atoms with Gasteiger partial charge >= 0.3 is 0 Å². The van der Waals surface area contributed by atoms with E-state index in [1.807, 2.05) is 6.07 Å². The third-order valence-electron chi connectivity index (χ3n) is 3.76. The first kappa shape index (κ1) is 13.8. The van der Waals surface area contributed by atoms with Crippen molar-refractivity contribution in [3.05, 3.63) is 35.7 Å². The zero-order valence-corrected chi connectivity index (χ0v) is 11.6. The molecule has 0 aliphatic carbocycles. The van der Waals surface area contributed by atoms with E-state index in [-0.39, 0.29) is 11.8 Å². The van der Waals surface area contributed by atoms with Crippen LogP contribution in [0.4, 0.5) is 5.69 Å².